The van der Waals surface area contributed by atoms with Crippen LogP contribution in [-0.4, -0.2) is 45.8 Å². The summed E-state index contributed by atoms with van der Waals surface area (Å²) in [4.78, 5) is 7.91. The number of fused-ring (bicyclic) bond motifs is 1. The highest BCUT2D eigenvalue weighted by atomic mass is 32.1. The van der Waals surface area contributed by atoms with Crippen molar-refractivity contribution in [2.45, 2.75) is 26.0 Å². The van der Waals surface area contributed by atoms with Gasteiger partial charge in [0.2, 0.25) is 0 Å². The van der Waals surface area contributed by atoms with Crippen LogP contribution in [0.5, 0.6) is 0 Å². The van der Waals surface area contributed by atoms with Gasteiger partial charge in [-0.2, -0.15) is 0 Å². The molecule has 2 N–H and O–H groups in total. The van der Waals surface area contributed by atoms with Crippen LogP contribution in [0.3, 0.4) is 0 Å². The Hall–Kier alpha value is -1.79. The van der Waals surface area contributed by atoms with Crippen molar-refractivity contribution in [1.82, 2.24) is 9.88 Å². The lowest BCUT2D eigenvalue weighted by Gasteiger charge is -2.32. The molecule has 0 bridgehead atoms. The lowest BCUT2D eigenvalue weighted by molar-refractivity contribution is 0.0202. The number of hydrogen-bond acceptors (Lipinski definition) is 5. The molecular formula is C20H24N2O2S. The van der Waals surface area contributed by atoms with Gasteiger partial charge in [-0.25, -0.2) is 4.98 Å². The van der Waals surface area contributed by atoms with Crippen LogP contribution < -0.4 is 0 Å². The summed E-state index contributed by atoms with van der Waals surface area (Å²) >= 11 is 1.63. The molecule has 2 heterocycles. The summed E-state index contributed by atoms with van der Waals surface area (Å²) in [7, 11) is 0. The summed E-state index contributed by atoms with van der Waals surface area (Å²) in [6.45, 7) is 5.55. The first-order valence-electron chi connectivity index (χ1n) is 8.66. The third-order valence-corrected chi connectivity index (χ3v) is 5.57. The van der Waals surface area contributed by atoms with Gasteiger partial charge >= 0.3 is 0 Å². The van der Waals surface area contributed by atoms with Crippen LogP contribution in [0.4, 0.5) is 0 Å². The van der Waals surface area contributed by atoms with E-state index in [1.807, 2.05) is 61.7 Å². The number of pyridine rings is 1. The number of benzene rings is 1. The van der Waals surface area contributed by atoms with Gasteiger partial charge in [-0.15, -0.1) is 11.3 Å². The Balaban J connectivity index is 2.13. The molecule has 3 rings (SSSR count). The molecule has 2 unspecified atom stereocenters. The fraction of sp³-hybridized carbons (Fsp3) is 0.350. The Morgan fingerprint density at radius 3 is 2.52 bits per heavy atom. The molecule has 4 nitrogen and oxygen atoms in total. The topological polar surface area (TPSA) is 56.6 Å². The van der Waals surface area contributed by atoms with E-state index in [4.69, 9.17) is 4.98 Å². The molecule has 3 aromatic rings. The number of aliphatic hydroxyl groups excluding tert-OH is 2. The number of hydrogen-bond donors (Lipinski definition) is 2. The van der Waals surface area contributed by atoms with Crippen LogP contribution in [0.15, 0.2) is 47.8 Å². The molecule has 2 aromatic heterocycles. The Morgan fingerprint density at radius 2 is 1.88 bits per heavy atom. The Labute approximate surface area is 152 Å². The van der Waals surface area contributed by atoms with Gasteiger partial charge in [0.25, 0.3) is 0 Å². The normalized spacial score (nSPS) is 14.1. The molecule has 5 heteroatoms. The average molecular weight is 356 g/mol. The van der Waals surface area contributed by atoms with Crippen LogP contribution in [0.2, 0.25) is 0 Å². The van der Waals surface area contributed by atoms with E-state index < -0.39 is 6.10 Å². The van der Waals surface area contributed by atoms with Crippen molar-refractivity contribution in [1.29, 1.82) is 0 Å². The Kier molecular flexibility index (Phi) is 5.81. The van der Waals surface area contributed by atoms with Crippen LogP contribution >= 0.6 is 11.3 Å². The Bertz CT molecular complexity index is 816. The van der Waals surface area contributed by atoms with Gasteiger partial charge in [-0.3, -0.25) is 4.90 Å². The van der Waals surface area contributed by atoms with Crippen molar-refractivity contribution in [3.8, 4) is 10.6 Å². The zero-order valence-electron chi connectivity index (χ0n) is 14.6. The van der Waals surface area contributed by atoms with E-state index in [1.54, 1.807) is 11.3 Å². The zero-order valence-corrected chi connectivity index (χ0v) is 15.4. The van der Waals surface area contributed by atoms with Crippen LogP contribution in [-0.2, 0) is 0 Å². The fourth-order valence-corrected chi connectivity index (χ4v) is 4.00. The number of rotatable bonds is 7. The molecule has 132 valence electrons. The van der Waals surface area contributed by atoms with Gasteiger partial charge in [0.1, 0.15) is 0 Å². The highest BCUT2D eigenvalue weighted by Crippen LogP contribution is 2.32. The molecular weight excluding hydrogens is 332 g/mol. The maximum atomic E-state index is 11.1. The molecule has 0 aliphatic carbocycles. The largest absolute Gasteiger partial charge is 0.395 e. The summed E-state index contributed by atoms with van der Waals surface area (Å²) in [5.74, 6) is 0. The number of nitrogens with zero attached hydrogens (tertiary/aromatic N) is 2. The van der Waals surface area contributed by atoms with E-state index >= 15 is 0 Å². The maximum Gasteiger partial charge on any atom is 0.0974 e. The SMILES string of the molecule is CCN(CC)C(CO)C(O)c1cc(-c2cccs2)nc2ccccc12. The standard InChI is InChI=1S/C20H24N2O2S/c1-3-22(4-2)18(13-23)20(24)15-12-17(19-10-7-11-25-19)21-16-9-6-5-8-14(15)16/h5-12,18,20,23-24H,3-4,13H2,1-2H3. The van der Waals surface area contributed by atoms with Gasteiger partial charge in [0.15, 0.2) is 0 Å². The maximum absolute atomic E-state index is 11.1. The molecule has 0 radical (unpaired) electrons. The van der Waals surface area contributed by atoms with Gasteiger partial charge in [-0.05, 0) is 42.2 Å². The number of aliphatic hydroxyl groups is 2. The van der Waals surface area contributed by atoms with Crippen molar-refractivity contribution in [3.63, 3.8) is 0 Å². The number of aromatic nitrogens is 1. The van der Waals surface area contributed by atoms with Crippen molar-refractivity contribution >= 4 is 22.2 Å². The monoisotopic (exact) mass is 356 g/mol. The predicted octanol–water partition coefficient (Wildman–Crippen LogP) is 3.70. The third-order valence-electron chi connectivity index (χ3n) is 4.67. The first-order valence-corrected chi connectivity index (χ1v) is 9.54. The summed E-state index contributed by atoms with van der Waals surface area (Å²) in [6, 6.07) is 13.5. The molecule has 0 fully saturated rings. The minimum atomic E-state index is -0.781. The highest BCUT2D eigenvalue weighted by molar-refractivity contribution is 7.13. The first kappa shape index (κ1) is 18.0. The second-order valence-corrected chi connectivity index (χ2v) is 6.95. The molecule has 1 aromatic carbocycles. The molecule has 2 atom stereocenters. The first-order chi connectivity index (χ1) is 12.2. The third kappa shape index (κ3) is 3.60. The minimum absolute atomic E-state index is 0.0895. The number of likely N-dealkylation sites (N-methyl/N-ethyl adjacent to an activating group) is 1. The summed E-state index contributed by atoms with van der Waals surface area (Å²) < 4.78 is 0. The Morgan fingerprint density at radius 1 is 1.12 bits per heavy atom. The van der Waals surface area contributed by atoms with E-state index in [1.165, 1.54) is 0 Å². The molecule has 0 saturated carbocycles. The van der Waals surface area contributed by atoms with Crippen molar-refractivity contribution in [3.05, 3.63) is 53.4 Å². The van der Waals surface area contributed by atoms with Crippen LogP contribution in [0.1, 0.15) is 25.5 Å². The van der Waals surface area contributed by atoms with E-state index in [2.05, 4.69) is 4.90 Å². The fourth-order valence-electron chi connectivity index (χ4n) is 3.31. The molecule has 0 saturated heterocycles. The van der Waals surface area contributed by atoms with Crippen molar-refractivity contribution in [2.75, 3.05) is 19.7 Å². The van der Waals surface area contributed by atoms with Gasteiger partial charge < -0.3 is 10.2 Å². The van der Waals surface area contributed by atoms with Crippen molar-refractivity contribution < 1.29 is 10.2 Å². The van der Waals surface area contributed by atoms with E-state index in [-0.39, 0.29) is 12.6 Å². The molecule has 0 spiro atoms. The van der Waals surface area contributed by atoms with Gasteiger partial charge in [0, 0.05) is 5.39 Å². The second-order valence-electron chi connectivity index (χ2n) is 6.01. The van der Waals surface area contributed by atoms with Crippen LogP contribution in [0, 0.1) is 0 Å². The molecule has 0 aliphatic rings. The van der Waals surface area contributed by atoms with Crippen LogP contribution in [0.25, 0.3) is 21.5 Å². The van der Waals surface area contributed by atoms with Gasteiger partial charge in [0.05, 0.1) is 34.8 Å². The highest BCUT2D eigenvalue weighted by Gasteiger charge is 2.27. The number of para-hydroxylation sites is 1. The van der Waals surface area contributed by atoms with Crippen molar-refractivity contribution in [2.24, 2.45) is 0 Å². The smallest absolute Gasteiger partial charge is 0.0974 e. The average Bonchev–Trinajstić information content (AvgIpc) is 3.19. The molecule has 0 amide bonds. The summed E-state index contributed by atoms with van der Waals surface area (Å²) in [5, 5.41) is 24.0. The molecule has 25 heavy (non-hydrogen) atoms. The van der Waals surface area contributed by atoms with E-state index in [0.717, 1.165) is 40.1 Å². The predicted molar refractivity (Wildman–Crippen MR) is 104 cm³/mol. The van der Waals surface area contributed by atoms with E-state index in [0.29, 0.717) is 0 Å². The lowest BCUT2D eigenvalue weighted by Crippen LogP contribution is -2.42. The second kappa shape index (κ2) is 8.06. The summed E-state index contributed by atoms with van der Waals surface area (Å²) in [6.07, 6.45) is -0.781. The quantitative estimate of drug-likeness (QED) is 0.678. The van der Waals surface area contributed by atoms with Gasteiger partial charge in [-0.1, -0.05) is 38.1 Å². The van der Waals surface area contributed by atoms with E-state index in [9.17, 15) is 10.2 Å². The number of thiophene rings is 1. The minimum Gasteiger partial charge on any atom is -0.395 e. The summed E-state index contributed by atoms with van der Waals surface area (Å²) in [5.41, 5.74) is 2.54. The lowest BCUT2D eigenvalue weighted by atomic mass is 9.96. The molecule has 0 aliphatic heterocycles. The zero-order chi connectivity index (χ0) is 17.8.